The molecule has 2 heterocycles. The van der Waals surface area contributed by atoms with Gasteiger partial charge in [-0.2, -0.15) is 4.31 Å². The lowest BCUT2D eigenvalue weighted by Gasteiger charge is -2.23. The zero-order valence-electron chi connectivity index (χ0n) is 11.3. The van der Waals surface area contributed by atoms with Gasteiger partial charge in [0.15, 0.2) is 0 Å². The number of nitrogens with one attached hydrogen (secondary N) is 1. The quantitative estimate of drug-likeness (QED) is 0.854. The van der Waals surface area contributed by atoms with E-state index in [1.807, 2.05) is 12.1 Å². The Bertz CT molecular complexity index is 744. The van der Waals surface area contributed by atoms with Gasteiger partial charge in [-0.05, 0) is 43.2 Å². The van der Waals surface area contributed by atoms with Crippen LogP contribution in [0.2, 0.25) is 0 Å². The van der Waals surface area contributed by atoms with Crippen LogP contribution in [0.5, 0.6) is 0 Å². The molecule has 1 atom stereocenters. The Hall–Kier alpha value is -1.86. The molecule has 2 aromatic rings. The van der Waals surface area contributed by atoms with Crippen molar-refractivity contribution in [3.05, 3.63) is 48.0 Å². The summed E-state index contributed by atoms with van der Waals surface area (Å²) in [5.41, 5.74) is 6.50. The fourth-order valence-electron chi connectivity index (χ4n) is 2.74. The molecule has 0 radical (unpaired) electrons. The van der Waals surface area contributed by atoms with Crippen molar-refractivity contribution in [2.45, 2.75) is 23.8 Å². The summed E-state index contributed by atoms with van der Waals surface area (Å²) in [5.74, 6) is -0.813. The van der Waals surface area contributed by atoms with Gasteiger partial charge in [-0.15, -0.1) is 0 Å². The summed E-state index contributed by atoms with van der Waals surface area (Å²) in [6.07, 6.45) is 3.22. The highest BCUT2D eigenvalue weighted by Gasteiger charge is 2.37. The first kappa shape index (κ1) is 14.1. The van der Waals surface area contributed by atoms with Gasteiger partial charge < -0.3 is 10.7 Å². The van der Waals surface area contributed by atoms with Gasteiger partial charge >= 0.3 is 0 Å². The summed E-state index contributed by atoms with van der Waals surface area (Å²) in [6.45, 7) is 0.385. The molecule has 1 aliphatic heterocycles. The van der Waals surface area contributed by atoms with E-state index < -0.39 is 15.8 Å². The predicted octanol–water partition coefficient (Wildman–Crippen LogP) is 2.26. The van der Waals surface area contributed by atoms with Gasteiger partial charge in [0.25, 0.3) is 0 Å². The van der Waals surface area contributed by atoms with Crippen molar-refractivity contribution in [1.29, 1.82) is 0 Å². The third kappa shape index (κ3) is 2.43. The Morgan fingerprint density at radius 1 is 1.33 bits per heavy atom. The maximum Gasteiger partial charge on any atom is 0.246 e. The first-order valence-electron chi connectivity index (χ1n) is 6.70. The van der Waals surface area contributed by atoms with Gasteiger partial charge in [-0.1, -0.05) is 0 Å². The molecular weight excluding hydrogens is 293 g/mol. The molecule has 1 fully saturated rings. The van der Waals surface area contributed by atoms with Gasteiger partial charge in [0.05, 0.1) is 6.04 Å². The minimum atomic E-state index is -3.88. The van der Waals surface area contributed by atoms with E-state index in [0.29, 0.717) is 6.54 Å². The first-order valence-corrected chi connectivity index (χ1v) is 8.14. The van der Waals surface area contributed by atoms with Crippen LogP contribution in [0.15, 0.2) is 41.4 Å². The minimum absolute atomic E-state index is 0.203. The third-order valence-electron chi connectivity index (χ3n) is 3.73. The summed E-state index contributed by atoms with van der Waals surface area (Å²) < 4.78 is 40.7. The van der Waals surface area contributed by atoms with Crippen LogP contribution < -0.4 is 5.73 Å². The van der Waals surface area contributed by atoms with E-state index in [1.165, 1.54) is 16.4 Å². The highest BCUT2D eigenvalue weighted by atomic mass is 32.2. The molecule has 3 rings (SSSR count). The van der Waals surface area contributed by atoms with Crippen molar-refractivity contribution in [2.75, 3.05) is 12.3 Å². The fraction of sp³-hybridized carbons (Fsp3) is 0.286. The van der Waals surface area contributed by atoms with Gasteiger partial charge in [0, 0.05) is 24.1 Å². The SMILES string of the molecule is Nc1ccc(S(=O)(=O)N2CCCC2c2ccc[nH]2)c(F)c1. The normalized spacial score (nSPS) is 20.0. The van der Waals surface area contributed by atoms with E-state index in [0.717, 1.165) is 24.6 Å². The molecule has 3 N–H and O–H groups in total. The van der Waals surface area contributed by atoms with Crippen LogP contribution in [0.25, 0.3) is 0 Å². The second-order valence-electron chi connectivity index (χ2n) is 5.09. The second-order valence-corrected chi connectivity index (χ2v) is 6.95. The number of nitrogen functional groups attached to an aromatic ring is 1. The van der Waals surface area contributed by atoms with Gasteiger partial charge in [0.1, 0.15) is 10.7 Å². The highest BCUT2D eigenvalue weighted by molar-refractivity contribution is 7.89. The molecule has 7 heteroatoms. The second kappa shape index (κ2) is 5.16. The Labute approximate surface area is 122 Å². The number of anilines is 1. The molecule has 0 aliphatic carbocycles. The van der Waals surface area contributed by atoms with Crippen LogP contribution in [-0.2, 0) is 10.0 Å². The van der Waals surface area contributed by atoms with E-state index in [9.17, 15) is 12.8 Å². The number of hydrogen-bond acceptors (Lipinski definition) is 3. The molecule has 112 valence electrons. The molecule has 0 bridgehead atoms. The number of hydrogen-bond donors (Lipinski definition) is 2. The number of sulfonamides is 1. The van der Waals surface area contributed by atoms with Crippen molar-refractivity contribution in [1.82, 2.24) is 9.29 Å². The summed E-state index contributed by atoms with van der Waals surface area (Å²) >= 11 is 0. The average molecular weight is 309 g/mol. The van der Waals surface area contributed by atoms with E-state index >= 15 is 0 Å². The van der Waals surface area contributed by atoms with Crippen molar-refractivity contribution in [2.24, 2.45) is 0 Å². The smallest absolute Gasteiger partial charge is 0.246 e. The van der Waals surface area contributed by atoms with E-state index in [2.05, 4.69) is 4.98 Å². The predicted molar refractivity (Wildman–Crippen MR) is 77.5 cm³/mol. The van der Waals surface area contributed by atoms with E-state index in [1.54, 1.807) is 6.20 Å². The van der Waals surface area contributed by atoms with E-state index in [4.69, 9.17) is 5.73 Å². The van der Waals surface area contributed by atoms with Gasteiger partial charge in [0.2, 0.25) is 10.0 Å². The van der Waals surface area contributed by atoms with Crippen LogP contribution in [0, 0.1) is 5.82 Å². The number of halogens is 1. The monoisotopic (exact) mass is 309 g/mol. The lowest BCUT2D eigenvalue weighted by Crippen LogP contribution is -2.31. The molecule has 5 nitrogen and oxygen atoms in total. The Morgan fingerprint density at radius 2 is 2.14 bits per heavy atom. The number of nitrogens with zero attached hydrogens (tertiary/aromatic N) is 1. The zero-order chi connectivity index (χ0) is 15.0. The fourth-order valence-corrected chi connectivity index (χ4v) is 4.46. The average Bonchev–Trinajstić information content (AvgIpc) is 3.09. The van der Waals surface area contributed by atoms with Crippen molar-refractivity contribution < 1.29 is 12.8 Å². The van der Waals surface area contributed by atoms with Crippen LogP contribution in [-0.4, -0.2) is 24.3 Å². The molecule has 0 saturated carbocycles. The maximum atomic E-state index is 14.0. The molecule has 21 heavy (non-hydrogen) atoms. The van der Waals surface area contributed by atoms with Crippen molar-refractivity contribution in [3.63, 3.8) is 0 Å². The number of nitrogens with two attached hydrogens (primary N) is 1. The minimum Gasteiger partial charge on any atom is -0.399 e. The molecule has 0 amide bonds. The lowest BCUT2D eigenvalue weighted by atomic mass is 10.2. The number of aromatic nitrogens is 1. The number of benzene rings is 1. The van der Waals surface area contributed by atoms with Crippen LogP contribution in [0.3, 0.4) is 0 Å². The topological polar surface area (TPSA) is 79.2 Å². The summed E-state index contributed by atoms with van der Waals surface area (Å²) in [7, 11) is -3.88. The van der Waals surface area contributed by atoms with Crippen molar-refractivity contribution >= 4 is 15.7 Å². The molecule has 1 saturated heterocycles. The molecular formula is C14H16FN3O2S. The van der Waals surface area contributed by atoms with Crippen LogP contribution in [0.4, 0.5) is 10.1 Å². The third-order valence-corrected chi connectivity index (χ3v) is 5.67. The van der Waals surface area contributed by atoms with Gasteiger partial charge in [-0.25, -0.2) is 12.8 Å². The highest BCUT2D eigenvalue weighted by Crippen LogP contribution is 2.36. The summed E-state index contributed by atoms with van der Waals surface area (Å²) in [5, 5.41) is 0. The summed E-state index contributed by atoms with van der Waals surface area (Å²) in [6, 6.07) is 7.05. The van der Waals surface area contributed by atoms with Crippen molar-refractivity contribution in [3.8, 4) is 0 Å². The molecule has 1 aliphatic rings. The maximum absolute atomic E-state index is 14.0. The number of rotatable bonds is 3. The number of aromatic amines is 1. The first-order chi connectivity index (χ1) is 10.00. The lowest BCUT2D eigenvalue weighted by molar-refractivity contribution is 0.388. The molecule has 1 aromatic heterocycles. The largest absolute Gasteiger partial charge is 0.399 e. The van der Waals surface area contributed by atoms with Crippen LogP contribution >= 0.6 is 0 Å². The molecule has 0 spiro atoms. The van der Waals surface area contributed by atoms with Gasteiger partial charge in [-0.3, -0.25) is 0 Å². The molecule has 1 unspecified atom stereocenters. The number of H-pyrrole nitrogens is 1. The van der Waals surface area contributed by atoms with E-state index in [-0.39, 0.29) is 16.6 Å². The Morgan fingerprint density at radius 3 is 2.81 bits per heavy atom. The summed E-state index contributed by atoms with van der Waals surface area (Å²) in [4.78, 5) is 2.71. The standard InChI is InChI=1S/C14H16FN3O2S/c15-11-9-10(16)5-6-14(11)21(19,20)18-8-2-4-13(18)12-3-1-7-17-12/h1,3,5-7,9,13,17H,2,4,8,16H2. The van der Waals surface area contributed by atoms with Crippen LogP contribution in [0.1, 0.15) is 24.6 Å². The molecule has 1 aromatic carbocycles. The Balaban J connectivity index is 2.01. The Kier molecular flexibility index (Phi) is 3.46. The zero-order valence-corrected chi connectivity index (χ0v) is 12.1.